The number of benzene rings is 1. The molecule has 0 N–H and O–H groups in total. The minimum atomic E-state index is -4.57. The van der Waals surface area contributed by atoms with Gasteiger partial charge in [-0.05, 0) is 30.3 Å². The molecule has 1 aromatic carbocycles. The van der Waals surface area contributed by atoms with Crippen molar-refractivity contribution in [3.63, 3.8) is 0 Å². The number of hydrogen-bond acceptors (Lipinski definition) is 1. The molecule has 2 aromatic rings. The molecule has 0 radical (unpaired) electrons. The van der Waals surface area contributed by atoms with Crippen molar-refractivity contribution in [2.24, 2.45) is 0 Å². The van der Waals surface area contributed by atoms with Gasteiger partial charge in [0.2, 0.25) is 0 Å². The molecule has 0 aliphatic rings. The normalized spacial score (nSPS) is 11.8. The molecule has 0 amide bonds. The van der Waals surface area contributed by atoms with Gasteiger partial charge >= 0.3 is 6.18 Å². The Labute approximate surface area is 88.3 Å². The molecule has 0 aliphatic heterocycles. The highest BCUT2D eigenvalue weighted by Crippen LogP contribution is 2.33. The first-order chi connectivity index (χ1) is 7.47. The predicted molar refractivity (Wildman–Crippen MR) is 49.1 cm³/mol. The number of furan rings is 1. The topological polar surface area (TPSA) is 13.1 Å². The fraction of sp³-hybridized carbons (Fsp3) is 0.0909. The summed E-state index contributed by atoms with van der Waals surface area (Å²) < 4.78 is 55.1. The average molecular weight is 230 g/mol. The average Bonchev–Trinajstić information content (AvgIpc) is 2.68. The van der Waals surface area contributed by atoms with E-state index in [0.717, 1.165) is 12.1 Å². The highest BCUT2D eigenvalue weighted by molar-refractivity contribution is 5.58. The second kappa shape index (κ2) is 3.66. The molecule has 2 rings (SSSR count). The van der Waals surface area contributed by atoms with E-state index in [9.17, 15) is 17.6 Å². The lowest BCUT2D eigenvalue weighted by Gasteiger charge is -2.08. The van der Waals surface area contributed by atoms with Crippen molar-refractivity contribution in [2.45, 2.75) is 6.18 Å². The largest absolute Gasteiger partial charge is 0.464 e. The summed E-state index contributed by atoms with van der Waals surface area (Å²) in [5.74, 6) is -0.744. The number of hydrogen-bond donors (Lipinski definition) is 0. The molecular weight excluding hydrogens is 224 g/mol. The fourth-order valence-corrected chi connectivity index (χ4v) is 1.34. The first kappa shape index (κ1) is 10.7. The van der Waals surface area contributed by atoms with Crippen molar-refractivity contribution in [3.8, 4) is 11.3 Å². The molecule has 5 heteroatoms. The van der Waals surface area contributed by atoms with Crippen LogP contribution in [-0.4, -0.2) is 0 Å². The van der Waals surface area contributed by atoms with Crippen molar-refractivity contribution >= 4 is 0 Å². The van der Waals surface area contributed by atoms with Crippen LogP contribution in [0.25, 0.3) is 11.3 Å². The van der Waals surface area contributed by atoms with E-state index in [4.69, 9.17) is 4.42 Å². The summed E-state index contributed by atoms with van der Waals surface area (Å²) in [6.45, 7) is 0. The Morgan fingerprint density at radius 1 is 1.06 bits per heavy atom. The van der Waals surface area contributed by atoms with Gasteiger partial charge in [0, 0.05) is 5.56 Å². The van der Waals surface area contributed by atoms with Crippen LogP contribution in [0.15, 0.2) is 41.0 Å². The Kier molecular flexibility index (Phi) is 2.46. The quantitative estimate of drug-likeness (QED) is 0.672. The van der Waals surface area contributed by atoms with Crippen molar-refractivity contribution in [1.29, 1.82) is 0 Å². The van der Waals surface area contributed by atoms with Crippen LogP contribution in [0.2, 0.25) is 0 Å². The predicted octanol–water partition coefficient (Wildman–Crippen LogP) is 4.10. The zero-order chi connectivity index (χ0) is 11.8. The highest BCUT2D eigenvalue weighted by Gasteiger charge is 2.31. The van der Waals surface area contributed by atoms with Gasteiger partial charge in [0.25, 0.3) is 0 Å². The van der Waals surface area contributed by atoms with Crippen LogP contribution < -0.4 is 0 Å². The van der Waals surface area contributed by atoms with Crippen LogP contribution in [0.1, 0.15) is 5.56 Å². The van der Waals surface area contributed by atoms with Gasteiger partial charge in [-0.2, -0.15) is 13.2 Å². The summed E-state index contributed by atoms with van der Waals surface area (Å²) in [7, 11) is 0. The lowest BCUT2D eigenvalue weighted by molar-refractivity contribution is -0.137. The van der Waals surface area contributed by atoms with E-state index in [1.165, 1.54) is 18.4 Å². The van der Waals surface area contributed by atoms with Gasteiger partial charge in [0.05, 0.1) is 11.8 Å². The van der Waals surface area contributed by atoms with Crippen molar-refractivity contribution in [3.05, 3.63) is 48.0 Å². The van der Waals surface area contributed by atoms with Crippen LogP contribution in [-0.2, 0) is 6.18 Å². The molecule has 0 saturated heterocycles. The minimum absolute atomic E-state index is 0.0670. The molecule has 0 saturated carbocycles. The summed E-state index contributed by atoms with van der Waals surface area (Å²) in [5.41, 5.74) is -0.962. The Balaban J connectivity index is 2.53. The van der Waals surface area contributed by atoms with Crippen molar-refractivity contribution < 1.29 is 22.0 Å². The summed E-state index contributed by atoms with van der Waals surface area (Å²) in [5, 5.41) is 0. The first-order valence-electron chi connectivity index (χ1n) is 4.38. The molecule has 1 heterocycles. The van der Waals surface area contributed by atoms with E-state index >= 15 is 0 Å². The molecular formula is C11H6F4O. The lowest BCUT2D eigenvalue weighted by Crippen LogP contribution is -2.05. The SMILES string of the molecule is Fc1cc(-c2ccco2)cc(C(F)(F)F)c1. The van der Waals surface area contributed by atoms with E-state index in [0.29, 0.717) is 6.07 Å². The Hall–Kier alpha value is -1.78. The van der Waals surface area contributed by atoms with Crippen LogP contribution >= 0.6 is 0 Å². The van der Waals surface area contributed by atoms with Crippen LogP contribution in [0, 0.1) is 5.82 Å². The minimum Gasteiger partial charge on any atom is -0.464 e. The molecule has 0 aliphatic carbocycles. The van der Waals surface area contributed by atoms with E-state index in [1.54, 1.807) is 0 Å². The Morgan fingerprint density at radius 3 is 2.38 bits per heavy atom. The molecule has 16 heavy (non-hydrogen) atoms. The zero-order valence-corrected chi connectivity index (χ0v) is 7.88. The monoisotopic (exact) mass is 230 g/mol. The van der Waals surface area contributed by atoms with E-state index < -0.39 is 17.6 Å². The second-order valence-corrected chi connectivity index (χ2v) is 3.20. The van der Waals surface area contributed by atoms with E-state index in [2.05, 4.69) is 0 Å². The van der Waals surface area contributed by atoms with Gasteiger partial charge in [0.15, 0.2) is 0 Å². The molecule has 84 valence electrons. The molecule has 0 unspecified atom stereocenters. The summed E-state index contributed by atoms with van der Waals surface area (Å²) in [6, 6.07) is 5.28. The summed E-state index contributed by atoms with van der Waals surface area (Å²) in [6.07, 6.45) is -3.25. The van der Waals surface area contributed by atoms with Gasteiger partial charge in [-0.25, -0.2) is 4.39 Å². The highest BCUT2D eigenvalue weighted by atomic mass is 19.4. The fourth-order valence-electron chi connectivity index (χ4n) is 1.34. The zero-order valence-electron chi connectivity index (χ0n) is 7.88. The van der Waals surface area contributed by atoms with Crippen LogP contribution in [0.3, 0.4) is 0 Å². The van der Waals surface area contributed by atoms with Crippen LogP contribution in [0.5, 0.6) is 0 Å². The molecule has 1 aromatic heterocycles. The van der Waals surface area contributed by atoms with Gasteiger partial charge in [-0.15, -0.1) is 0 Å². The summed E-state index contributed by atoms with van der Waals surface area (Å²) >= 11 is 0. The van der Waals surface area contributed by atoms with E-state index in [1.807, 2.05) is 0 Å². The Morgan fingerprint density at radius 2 is 1.81 bits per heavy atom. The van der Waals surface area contributed by atoms with Crippen LogP contribution in [0.4, 0.5) is 17.6 Å². The van der Waals surface area contributed by atoms with Crippen molar-refractivity contribution in [1.82, 2.24) is 0 Å². The van der Waals surface area contributed by atoms with Gasteiger partial charge in [-0.1, -0.05) is 0 Å². The summed E-state index contributed by atoms with van der Waals surface area (Å²) in [4.78, 5) is 0. The maximum absolute atomic E-state index is 13.0. The van der Waals surface area contributed by atoms with Gasteiger partial charge < -0.3 is 4.42 Å². The maximum Gasteiger partial charge on any atom is 0.416 e. The lowest BCUT2D eigenvalue weighted by atomic mass is 10.1. The molecule has 1 nitrogen and oxygen atoms in total. The van der Waals surface area contributed by atoms with E-state index in [-0.39, 0.29) is 11.3 Å². The molecule has 0 atom stereocenters. The molecule has 0 spiro atoms. The van der Waals surface area contributed by atoms with Crippen molar-refractivity contribution in [2.75, 3.05) is 0 Å². The van der Waals surface area contributed by atoms with Gasteiger partial charge in [0.1, 0.15) is 11.6 Å². The third kappa shape index (κ3) is 2.08. The number of halogens is 4. The molecule has 0 fully saturated rings. The van der Waals surface area contributed by atoms with Gasteiger partial charge in [-0.3, -0.25) is 0 Å². The second-order valence-electron chi connectivity index (χ2n) is 3.20. The first-order valence-corrected chi connectivity index (χ1v) is 4.38. The number of rotatable bonds is 1. The smallest absolute Gasteiger partial charge is 0.416 e. The third-order valence-electron chi connectivity index (χ3n) is 2.03. The third-order valence-corrected chi connectivity index (χ3v) is 2.03. The maximum atomic E-state index is 13.0. The standard InChI is InChI=1S/C11H6F4O/c12-9-5-7(10-2-1-3-16-10)4-8(6-9)11(13,14)15/h1-6H. The number of alkyl halides is 3. The molecule has 0 bridgehead atoms. The Bertz CT molecular complexity index is 485.